The number of methoxy groups -OCH3 is 2. The Morgan fingerprint density at radius 1 is 0.690 bits per heavy atom. The molecular weight excluding hydrogens is 362 g/mol. The molecule has 4 nitrogen and oxygen atoms in total. The Balaban J connectivity index is 1.87. The van der Waals surface area contributed by atoms with E-state index < -0.39 is 0 Å². The van der Waals surface area contributed by atoms with Crippen molar-refractivity contribution in [2.75, 3.05) is 19.1 Å². The molecule has 0 bridgehead atoms. The number of anilines is 2. The lowest BCUT2D eigenvalue weighted by Gasteiger charge is -2.25. The van der Waals surface area contributed by atoms with Crippen molar-refractivity contribution in [2.45, 2.75) is 0 Å². The van der Waals surface area contributed by atoms with Gasteiger partial charge >= 0.3 is 0 Å². The van der Waals surface area contributed by atoms with Gasteiger partial charge in [0.05, 0.1) is 19.9 Å². The topological polar surface area (TPSA) is 38.8 Å². The van der Waals surface area contributed by atoms with Crippen LogP contribution in [0, 0.1) is 0 Å². The highest BCUT2D eigenvalue weighted by Crippen LogP contribution is 2.34. The van der Waals surface area contributed by atoms with Gasteiger partial charge in [0.1, 0.15) is 11.5 Å². The number of hydrogen-bond acceptors (Lipinski definition) is 3. The average Bonchev–Trinajstić information content (AvgIpc) is 2.80. The Bertz CT molecular complexity index is 1130. The highest BCUT2D eigenvalue weighted by molar-refractivity contribution is 6.15. The summed E-state index contributed by atoms with van der Waals surface area (Å²) in [6, 6.07) is 28.7. The Kier molecular flexibility index (Phi) is 5.16. The van der Waals surface area contributed by atoms with E-state index in [-0.39, 0.29) is 5.91 Å². The van der Waals surface area contributed by atoms with Crippen LogP contribution in [-0.2, 0) is 0 Å². The van der Waals surface area contributed by atoms with Crippen LogP contribution in [0.15, 0.2) is 91.0 Å². The Morgan fingerprint density at radius 2 is 1.28 bits per heavy atom. The highest BCUT2D eigenvalue weighted by Gasteiger charge is 2.22. The van der Waals surface area contributed by atoms with Crippen LogP contribution in [0.4, 0.5) is 11.4 Å². The first-order valence-corrected chi connectivity index (χ1v) is 9.31. The SMILES string of the molecule is COc1ccc(C(=O)N(c2ccc(OC)cc2)c2cccc3ccccc23)cc1. The number of hydrogen-bond donors (Lipinski definition) is 0. The van der Waals surface area contributed by atoms with Crippen LogP contribution in [0.3, 0.4) is 0 Å². The van der Waals surface area contributed by atoms with Gasteiger partial charge in [-0.1, -0.05) is 36.4 Å². The van der Waals surface area contributed by atoms with Crippen LogP contribution < -0.4 is 14.4 Å². The van der Waals surface area contributed by atoms with E-state index in [9.17, 15) is 4.79 Å². The van der Waals surface area contributed by atoms with Crippen LogP contribution in [0.25, 0.3) is 10.8 Å². The smallest absolute Gasteiger partial charge is 0.262 e. The number of rotatable bonds is 5. The van der Waals surface area contributed by atoms with Crippen molar-refractivity contribution >= 4 is 28.1 Å². The predicted octanol–water partition coefficient (Wildman–Crippen LogP) is 5.84. The second-order valence-electron chi connectivity index (χ2n) is 6.57. The van der Waals surface area contributed by atoms with E-state index in [1.54, 1.807) is 43.4 Å². The molecule has 0 aliphatic rings. The first-order valence-electron chi connectivity index (χ1n) is 9.31. The van der Waals surface area contributed by atoms with Crippen molar-refractivity contribution in [3.05, 3.63) is 96.6 Å². The van der Waals surface area contributed by atoms with E-state index in [0.29, 0.717) is 11.3 Å². The zero-order valence-corrected chi connectivity index (χ0v) is 16.3. The third-order valence-corrected chi connectivity index (χ3v) is 4.88. The minimum Gasteiger partial charge on any atom is -0.497 e. The van der Waals surface area contributed by atoms with E-state index in [1.165, 1.54) is 0 Å². The zero-order chi connectivity index (χ0) is 20.2. The summed E-state index contributed by atoms with van der Waals surface area (Å²) in [6.45, 7) is 0. The Labute approximate surface area is 169 Å². The molecule has 0 aliphatic heterocycles. The van der Waals surface area contributed by atoms with E-state index in [0.717, 1.165) is 27.9 Å². The number of amides is 1. The molecule has 4 aromatic carbocycles. The van der Waals surface area contributed by atoms with Crippen LogP contribution >= 0.6 is 0 Å². The standard InChI is InChI=1S/C25H21NO3/c1-28-21-14-10-19(11-15-21)25(27)26(20-12-16-22(29-2)17-13-20)24-9-5-7-18-6-3-4-8-23(18)24/h3-17H,1-2H3. The molecule has 4 heteroatoms. The van der Waals surface area contributed by atoms with Gasteiger partial charge in [-0.25, -0.2) is 0 Å². The van der Waals surface area contributed by atoms with Gasteiger partial charge in [0.15, 0.2) is 0 Å². The number of nitrogens with zero attached hydrogens (tertiary/aromatic N) is 1. The Hall–Kier alpha value is -3.79. The van der Waals surface area contributed by atoms with Gasteiger partial charge < -0.3 is 9.47 Å². The van der Waals surface area contributed by atoms with Crippen molar-refractivity contribution in [3.63, 3.8) is 0 Å². The molecule has 29 heavy (non-hydrogen) atoms. The molecule has 0 spiro atoms. The molecule has 1 amide bonds. The van der Waals surface area contributed by atoms with Crippen LogP contribution in [0.2, 0.25) is 0 Å². The van der Waals surface area contributed by atoms with Crippen LogP contribution in [0.5, 0.6) is 11.5 Å². The van der Waals surface area contributed by atoms with Gasteiger partial charge in [-0.2, -0.15) is 0 Å². The lowest BCUT2D eigenvalue weighted by molar-refractivity contribution is 0.0999. The third-order valence-electron chi connectivity index (χ3n) is 4.88. The third kappa shape index (κ3) is 3.65. The second-order valence-corrected chi connectivity index (χ2v) is 6.57. The molecule has 0 saturated carbocycles. The van der Waals surface area contributed by atoms with Gasteiger partial charge in [-0.05, 0) is 60.0 Å². The second kappa shape index (κ2) is 8.07. The molecular formula is C25H21NO3. The summed E-state index contributed by atoms with van der Waals surface area (Å²) >= 11 is 0. The molecule has 0 saturated heterocycles. The summed E-state index contributed by atoms with van der Waals surface area (Å²) in [5, 5.41) is 2.08. The molecule has 0 aromatic heterocycles. The average molecular weight is 383 g/mol. The molecule has 144 valence electrons. The number of carbonyl (C=O) groups is 1. The molecule has 0 radical (unpaired) electrons. The largest absolute Gasteiger partial charge is 0.497 e. The lowest BCUT2D eigenvalue weighted by Crippen LogP contribution is -2.26. The fraction of sp³-hybridized carbons (Fsp3) is 0.0800. The quantitative estimate of drug-likeness (QED) is 0.435. The Morgan fingerprint density at radius 3 is 1.93 bits per heavy atom. The number of benzene rings is 4. The molecule has 0 fully saturated rings. The molecule has 0 heterocycles. The van der Waals surface area contributed by atoms with Gasteiger partial charge in [0, 0.05) is 16.6 Å². The predicted molar refractivity (Wildman–Crippen MR) is 116 cm³/mol. The maximum Gasteiger partial charge on any atom is 0.262 e. The van der Waals surface area contributed by atoms with E-state index in [2.05, 4.69) is 0 Å². The first-order chi connectivity index (χ1) is 14.2. The van der Waals surface area contributed by atoms with E-state index >= 15 is 0 Å². The number of fused-ring (bicyclic) bond motifs is 1. The highest BCUT2D eigenvalue weighted by atomic mass is 16.5. The summed E-state index contributed by atoms with van der Waals surface area (Å²) < 4.78 is 10.5. The zero-order valence-electron chi connectivity index (χ0n) is 16.3. The maximum absolute atomic E-state index is 13.6. The molecule has 0 atom stereocenters. The molecule has 4 aromatic rings. The van der Waals surface area contributed by atoms with Gasteiger partial charge in [0.2, 0.25) is 0 Å². The maximum atomic E-state index is 13.6. The summed E-state index contributed by atoms with van der Waals surface area (Å²) in [7, 11) is 3.23. The van der Waals surface area contributed by atoms with E-state index in [1.807, 2.05) is 66.7 Å². The summed E-state index contributed by atoms with van der Waals surface area (Å²) in [6.07, 6.45) is 0. The van der Waals surface area contributed by atoms with Crippen molar-refractivity contribution in [2.24, 2.45) is 0 Å². The van der Waals surface area contributed by atoms with Crippen LogP contribution in [0.1, 0.15) is 10.4 Å². The van der Waals surface area contributed by atoms with Gasteiger partial charge in [-0.15, -0.1) is 0 Å². The van der Waals surface area contributed by atoms with Gasteiger partial charge in [0.25, 0.3) is 5.91 Å². The monoisotopic (exact) mass is 383 g/mol. The first kappa shape index (κ1) is 18.6. The molecule has 4 rings (SSSR count). The summed E-state index contributed by atoms with van der Waals surface area (Å²) in [5.74, 6) is 1.33. The molecule has 0 unspecified atom stereocenters. The normalized spacial score (nSPS) is 10.6. The van der Waals surface area contributed by atoms with Crippen molar-refractivity contribution in [3.8, 4) is 11.5 Å². The van der Waals surface area contributed by atoms with Gasteiger partial charge in [-0.3, -0.25) is 9.69 Å². The van der Waals surface area contributed by atoms with Crippen molar-refractivity contribution in [1.82, 2.24) is 0 Å². The van der Waals surface area contributed by atoms with Crippen molar-refractivity contribution in [1.29, 1.82) is 0 Å². The molecule has 0 N–H and O–H groups in total. The summed E-state index contributed by atoms with van der Waals surface area (Å²) in [5.41, 5.74) is 2.17. The van der Waals surface area contributed by atoms with Crippen LogP contribution in [-0.4, -0.2) is 20.1 Å². The minimum atomic E-state index is -0.117. The number of ether oxygens (including phenoxy) is 2. The minimum absolute atomic E-state index is 0.117. The molecule has 0 aliphatic carbocycles. The fourth-order valence-electron chi connectivity index (χ4n) is 3.36. The fourth-order valence-corrected chi connectivity index (χ4v) is 3.36. The van der Waals surface area contributed by atoms with E-state index in [4.69, 9.17) is 9.47 Å². The number of carbonyl (C=O) groups excluding carboxylic acids is 1. The summed E-state index contributed by atoms with van der Waals surface area (Å²) in [4.78, 5) is 15.3. The lowest BCUT2D eigenvalue weighted by atomic mass is 10.1. The van der Waals surface area contributed by atoms with Crippen molar-refractivity contribution < 1.29 is 14.3 Å².